The van der Waals surface area contributed by atoms with Crippen LogP contribution in [0.2, 0.25) is 0 Å². The molecule has 1 fully saturated rings. The summed E-state index contributed by atoms with van der Waals surface area (Å²) >= 11 is 7.28. The molecule has 5 heteroatoms. The van der Waals surface area contributed by atoms with Crippen LogP contribution in [0.5, 0.6) is 11.5 Å². The smallest absolute Gasteiger partial charge is 0.133 e. The van der Waals surface area contributed by atoms with Crippen LogP contribution in [-0.4, -0.2) is 26.9 Å². The molecule has 106 valence electrons. The third-order valence-corrected chi connectivity index (χ3v) is 5.40. The van der Waals surface area contributed by atoms with Crippen LogP contribution in [0.3, 0.4) is 0 Å². The number of ether oxygens (including phenoxy) is 3. The molecule has 1 aromatic carbocycles. The molecule has 0 N–H and O–H groups in total. The van der Waals surface area contributed by atoms with E-state index in [2.05, 4.69) is 38.8 Å². The Morgan fingerprint density at radius 1 is 1.26 bits per heavy atom. The van der Waals surface area contributed by atoms with Crippen molar-refractivity contribution in [3.05, 3.63) is 22.2 Å². The molecule has 1 aromatic rings. The van der Waals surface area contributed by atoms with Crippen LogP contribution in [0.1, 0.15) is 23.7 Å². The van der Waals surface area contributed by atoms with Gasteiger partial charge in [0.05, 0.1) is 24.8 Å². The standard InChI is InChI=1S/C14H18Br2O3/c1-8-9(4-5-19-8)14(16)10-6-13(18-3)11(15)7-12(10)17-2/h6-9,14H,4-5H2,1-3H3. The highest BCUT2D eigenvalue weighted by Gasteiger charge is 2.33. The summed E-state index contributed by atoms with van der Waals surface area (Å²) in [7, 11) is 3.35. The van der Waals surface area contributed by atoms with Crippen LogP contribution in [0.15, 0.2) is 16.6 Å². The summed E-state index contributed by atoms with van der Waals surface area (Å²) in [6.07, 6.45) is 1.31. The summed E-state index contributed by atoms with van der Waals surface area (Å²) in [5.41, 5.74) is 1.10. The maximum absolute atomic E-state index is 5.65. The topological polar surface area (TPSA) is 27.7 Å². The van der Waals surface area contributed by atoms with Gasteiger partial charge in [0.15, 0.2) is 0 Å². The molecule has 19 heavy (non-hydrogen) atoms. The van der Waals surface area contributed by atoms with E-state index in [1.165, 1.54) is 0 Å². The van der Waals surface area contributed by atoms with Gasteiger partial charge in [-0.15, -0.1) is 0 Å². The van der Waals surface area contributed by atoms with E-state index in [-0.39, 0.29) is 10.9 Å². The molecule has 0 aliphatic carbocycles. The third-order valence-electron chi connectivity index (χ3n) is 3.61. The predicted molar refractivity (Wildman–Crippen MR) is 82.4 cm³/mol. The normalized spacial score (nSPS) is 24.3. The molecule has 3 unspecified atom stereocenters. The Labute approximate surface area is 130 Å². The highest BCUT2D eigenvalue weighted by molar-refractivity contribution is 9.10. The summed E-state index contributed by atoms with van der Waals surface area (Å²) in [6, 6.07) is 3.97. The molecule has 1 aliphatic heterocycles. The van der Waals surface area contributed by atoms with E-state index >= 15 is 0 Å². The number of hydrogen-bond acceptors (Lipinski definition) is 3. The molecule has 3 nitrogen and oxygen atoms in total. The lowest BCUT2D eigenvalue weighted by molar-refractivity contribution is 0.105. The lowest BCUT2D eigenvalue weighted by Gasteiger charge is -2.23. The van der Waals surface area contributed by atoms with E-state index < -0.39 is 0 Å². The zero-order valence-electron chi connectivity index (χ0n) is 11.3. The van der Waals surface area contributed by atoms with Crippen molar-refractivity contribution in [1.82, 2.24) is 0 Å². The second kappa shape index (κ2) is 6.46. The summed E-state index contributed by atoms with van der Waals surface area (Å²) in [4.78, 5) is 0.196. The van der Waals surface area contributed by atoms with E-state index in [1.807, 2.05) is 12.1 Å². The van der Waals surface area contributed by atoms with Crippen LogP contribution < -0.4 is 9.47 Å². The minimum atomic E-state index is 0.196. The predicted octanol–water partition coefficient (Wildman–Crippen LogP) is 4.33. The Morgan fingerprint density at radius 2 is 1.95 bits per heavy atom. The van der Waals surface area contributed by atoms with Crippen molar-refractivity contribution in [2.45, 2.75) is 24.3 Å². The van der Waals surface area contributed by atoms with E-state index in [0.29, 0.717) is 5.92 Å². The summed E-state index contributed by atoms with van der Waals surface area (Å²) in [5.74, 6) is 2.11. The Balaban J connectivity index is 2.36. The Morgan fingerprint density at radius 3 is 2.47 bits per heavy atom. The molecule has 2 rings (SSSR count). The van der Waals surface area contributed by atoms with Gasteiger partial charge in [0.2, 0.25) is 0 Å². The van der Waals surface area contributed by atoms with Gasteiger partial charge in [-0.2, -0.15) is 0 Å². The maximum atomic E-state index is 5.65. The highest BCUT2D eigenvalue weighted by atomic mass is 79.9. The number of hydrogen-bond donors (Lipinski definition) is 0. The SMILES string of the molecule is COc1cc(C(Br)C2CCOC2C)c(OC)cc1Br. The number of rotatable bonds is 4. The molecular formula is C14H18Br2O3. The summed E-state index contributed by atoms with van der Waals surface area (Å²) < 4.78 is 17.4. The van der Waals surface area contributed by atoms with E-state index in [9.17, 15) is 0 Å². The van der Waals surface area contributed by atoms with Gasteiger partial charge in [-0.1, -0.05) is 15.9 Å². The van der Waals surface area contributed by atoms with Gasteiger partial charge in [-0.05, 0) is 41.4 Å². The van der Waals surface area contributed by atoms with Crippen molar-refractivity contribution in [2.24, 2.45) is 5.92 Å². The van der Waals surface area contributed by atoms with Crippen molar-refractivity contribution in [3.8, 4) is 11.5 Å². The summed E-state index contributed by atoms with van der Waals surface area (Å²) in [6.45, 7) is 2.94. The lowest BCUT2D eigenvalue weighted by Crippen LogP contribution is -2.16. The van der Waals surface area contributed by atoms with Crippen molar-refractivity contribution in [3.63, 3.8) is 0 Å². The first-order valence-electron chi connectivity index (χ1n) is 6.25. The molecule has 0 aromatic heterocycles. The average Bonchev–Trinajstić information content (AvgIpc) is 2.83. The molecular weight excluding hydrogens is 376 g/mol. The minimum absolute atomic E-state index is 0.196. The first-order chi connectivity index (χ1) is 9.08. The van der Waals surface area contributed by atoms with Gasteiger partial charge >= 0.3 is 0 Å². The number of halogens is 2. The summed E-state index contributed by atoms with van der Waals surface area (Å²) in [5, 5.41) is 0. The number of alkyl halides is 1. The Hall–Kier alpha value is -0.260. The first-order valence-corrected chi connectivity index (χ1v) is 7.96. The Kier molecular flexibility index (Phi) is 5.15. The minimum Gasteiger partial charge on any atom is -0.496 e. The molecule has 0 radical (unpaired) electrons. The third kappa shape index (κ3) is 3.09. The quantitative estimate of drug-likeness (QED) is 0.712. The fourth-order valence-electron chi connectivity index (χ4n) is 2.46. The molecule has 0 bridgehead atoms. The van der Waals surface area contributed by atoms with Crippen LogP contribution >= 0.6 is 31.9 Å². The first kappa shape index (κ1) is 15.1. The van der Waals surface area contributed by atoms with Gasteiger partial charge in [-0.3, -0.25) is 0 Å². The van der Waals surface area contributed by atoms with Crippen LogP contribution in [0.4, 0.5) is 0 Å². The molecule has 1 heterocycles. The molecule has 1 saturated heterocycles. The van der Waals surface area contributed by atoms with Crippen LogP contribution in [0.25, 0.3) is 0 Å². The monoisotopic (exact) mass is 392 g/mol. The van der Waals surface area contributed by atoms with Gasteiger partial charge in [0, 0.05) is 22.9 Å². The molecule has 0 amide bonds. The fraction of sp³-hybridized carbons (Fsp3) is 0.571. The van der Waals surface area contributed by atoms with Crippen molar-refractivity contribution in [1.29, 1.82) is 0 Å². The molecule has 0 spiro atoms. The lowest BCUT2D eigenvalue weighted by atomic mass is 9.93. The van der Waals surface area contributed by atoms with Crippen LogP contribution in [-0.2, 0) is 4.74 Å². The zero-order chi connectivity index (χ0) is 14.0. The van der Waals surface area contributed by atoms with Gasteiger partial charge < -0.3 is 14.2 Å². The Bertz CT molecular complexity index is 451. The molecule has 3 atom stereocenters. The maximum Gasteiger partial charge on any atom is 0.133 e. The molecule has 1 aliphatic rings. The van der Waals surface area contributed by atoms with E-state index in [1.54, 1.807) is 14.2 Å². The second-order valence-electron chi connectivity index (χ2n) is 4.66. The molecule has 0 saturated carbocycles. The van der Waals surface area contributed by atoms with Crippen molar-refractivity contribution >= 4 is 31.9 Å². The van der Waals surface area contributed by atoms with Crippen molar-refractivity contribution in [2.75, 3.05) is 20.8 Å². The largest absolute Gasteiger partial charge is 0.496 e. The fourth-order valence-corrected chi connectivity index (χ4v) is 4.00. The van der Waals surface area contributed by atoms with Gasteiger partial charge in [0.25, 0.3) is 0 Å². The van der Waals surface area contributed by atoms with Gasteiger partial charge in [-0.25, -0.2) is 0 Å². The highest BCUT2D eigenvalue weighted by Crippen LogP contribution is 2.45. The van der Waals surface area contributed by atoms with Gasteiger partial charge in [0.1, 0.15) is 11.5 Å². The van der Waals surface area contributed by atoms with Crippen molar-refractivity contribution < 1.29 is 14.2 Å². The van der Waals surface area contributed by atoms with Crippen LogP contribution in [0, 0.1) is 5.92 Å². The number of methoxy groups -OCH3 is 2. The average molecular weight is 394 g/mol. The van der Waals surface area contributed by atoms with E-state index in [0.717, 1.165) is 34.6 Å². The van der Waals surface area contributed by atoms with E-state index in [4.69, 9.17) is 14.2 Å². The number of benzene rings is 1. The second-order valence-corrected chi connectivity index (χ2v) is 6.50. The zero-order valence-corrected chi connectivity index (χ0v) is 14.5.